The Labute approximate surface area is 84.6 Å². The first-order chi connectivity index (χ1) is 6.44. The number of esters is 1. The Hall–Kier alpha value is -0.650. The topological polar surface area (TPSA) is 59.0 Å². The molecule has 0 amide bonds. The van der Waals surface area contributed by atoms with Gasteiger partial charge in [-0.3, -0.25) is 0 Å². The lowest BCUT2D eigenvalue weighted by Crippen LogP contribution is -2.46. The fourth-order valence-electron chi connectivity index (χ4n) is 1.14. The second-order valence-corrected chi connectivity index (χ2v) is 3.50. The van der Waals surface area contributed by atoms with Crippen LogP contribution in [0.1, 0.15) is 6.92 Å². The number of hydrogen-bond acceptors (Lipinski definition) is 5. The van der Waals surface area contributed by atoms with Gasteiger partial charge in [-0.2, -0.15) is 0 Å². The molecular weight excluding hydrogens is 186 g/mol. The summed E-state index contributed by atoms with van der Waals surface area (Å²) in [6.45, 7) is 2.88. The smallest absolute Gasteiger partial charge is 0.338 e. The predicted octanol–water partition coefficient (Wildman–Crippen LogP) is -0.511. The van der Waals surface area contributed by atoms with E-state index >= 15 is 0 Å². The lowest BCUT2D eigenvalue weighted by Gasteiger charge is -2.26. The van der Waals surface area contributed by atoms with Gasteiger partial charge in [0.15, 0.2) is 5.60 Å². The summed E-state index contributed by atoms with van der Waals surface area (Å²) in [5.41, 5.74) is -1.46. The molecule has 0 aliphatic rings. The van der Waals surface area contributed by atoms with Crippen molar-refractivity contribution in [2.75, 3.05) is 41.0 Å². The second-order valence-electron chi connectivity index (χ2n) is 3.50. The molecule has 0 spiro atoms. The minimum absolute atomic E-state index is 0.225. The highest BCUT2D eigenvalue weighted by molar-refractivity contribution is 5.78. The molecular formula is C9H19NO4. The number of methoxy groups -OCH3 is 2. The van der Waals surface area contributed by atoms with E-state index in [1.807, 2.05) is 0 Å². The summed E-state index contributed by atoms with van der Waals surface area (Å²) in [5.74, 6) is -0.623. The van der Waals surface area contributed by atoms with E-state index in [4.69, 9.17) is 4.74 Å². The monoisotopic (exact) mass is 205 g/mol. The molecule has 0 aliphatic carbocycles. The normalized spacial score (nSPS) is 15.3. The van der Waals surface area contributed by atoms with Gasteiger partial charge in [0.25, 0.3) is 0 Å². The molecule has 5 heteroatoms. The van der Waals surface area contributed by atoms with Crippen LogP contribution in [0.2, 0.25) is 0 Å². The molecule has 0 heterocycles. The number of carbonyl (C=O) groups excluding carboxylic acids is 1. The number of ether oxygens (including phenoxy) is 2. The van der Waals surface area contributed by atoms with Crippen molar-refractivity contribution in [1.29, 1.82) is 0 Å². The van der Waals surface area contributed by atoms with E-state index in [2.05, 4.69) is 4.74 Å². The van der Waals surface area contributed by atoms with Gasteiger partial charge in [0.05, 0.1) is 13.7 Å². The van der Waals surface area contributed by atoms with Crippen LogP contribution < -0.4 is 0 Å². The summed E-state index contributed by atoms with van der Waals surface area (Å²) in [4.78, 5) is 12.9. The van der Waals surface area contributed by atoms with Crippen molar-refractivity contribution in [2.24, 2.45) is 0 Å². The lowest BCUT2D eigenvalue weighted by atomic mass is 10.1. The van der Waals surface area contributed by atoms with Crippen molar-refractivity contribution >= 4 is 5.97 Å². The Balaban J connectivity index is 4.01. The standard InChI is InChI=1S/C9H19NO4/c1-9(12,8(11)14-4)7-10(2)5-6-13-3/h12H,5-7H2,1-4H3. The van der Waals surface area contributed by atoms with E-state index in [1.54, 1.807) is 19.1 Å². The molecule has 0 bridgehead atoms. The highest BCUT2D eigenvalue weighted by Gasteiger charge is 2.32. The molecule has 0 aromatic heterocycles. The van der Waals surface area contributed by atoms with Gasteiger partial charge in [0, 0.05) is 20.2 Å². The molecule has 0 radical (unpaired) electrons. The first-order valence-corrected chi connectivity index (χ1v) is 4.42. The highest BCUT2D eigenvalue weighted by atomic mass is 16.5. The molecule has 0 rings (SSSR count). The predicted molar refractivity (Wildman–Crippen MR) is 52.0 cm³/mol. The number of nitrogens with zero attached hydrogens (tertiary/aromatic N) is 1. The van der Waals surface area contributed by atoms with Crippen LogP contribution in [-0.2, 0) is 14.3 Å². The summed E-state index contributed by atoms with van der Waals surface area (Å²) in [5, 5.41) is 9.70. The van der Waals surface area contributed by atoms with E-state index < -0.39 is 11.6 Å². The van der Waals surface area contributed by atoms with Crippen LogP contribution in [-0.4, -0.2) is 62.5 Å². The number of carbonyl (C=O) groups is 1. The molecule has 14 heavy (non-hydrogen) atoms. The SMILES string of the molecule is COCCN(C)CC(C)(O)C(=O)OC. The van der Waals surface area contributed by atoms with Gasteiger partial charge in [-0.05, 0) is 14.0 Å². The molecule has 0 aromatic rings. The molecule has 1 unspecified atom stereocenters. The van der Waals surface area contributed by atoms with Crippen molar-refractivity contribution in [3.63, 3.8) is 0 Å². The summed E-state index contributed by atoms with van der Waals surface area (Å²) in [6, 6.07) is 0. The summed E-state index contributed by atoms with van der Waals surface area (Å²) in [6.07, 6.45) is 0. The van der Waals surface area contributed by atoms with E-state index in [-0.39, 0.29) is 6.54 Å². The Bertz CT molecular complexity index is 182. The van der Waals surface area contributed by atoms with Crippen molar-refractivity contribution in [2.45, 2.75) is 12.5 Å². The molecule has 1 N–H and O–H groups in total. The average molecular weight is 205 g/mol. The zero-order valence-corrected chi connectivity index (χ0v) is 9.24. The molecule has 0 aromatic carbocycles. The Morgan fingerprint density at radius 2 is 2.07 bits per heavy atom. The highest BCUT2D eigenvalue weighted by Crippen LogP contribution is 2.07. The molecule has 0 fully saturated rings. The van der Waals surface area contributed by atoms with E-state index in [9.17, 15) is 9.90 Å². The van der Waals surface area contributed by atoms with Gasteiger partial charge in [-0.15, -0.1) is 0 Å². The number of rotatable bonds is 6. The van der Waals surface area contributed by atoms with Crippen LogP contribution in [0, 0.1) is 0 Å². The van der Waals surface area contributed by atoms with Gasteiger partial charge >= 0.3 is 5.97 Å². The fraction of sp³-hybridized carbons (Fsp3) is 0.889. The number of aliphatic hydroxyl groups is 1. The van der Waals surface area contributed by atoms with Gasteiger partial charge in [0.2, 0.25) is 0 Å². The largest absolute Gasteiger partial charge is 0.467 e. The summed E-state index contributed by atoms with van der Waals surface area (Å²) < 4.78 is 9.35. The number of likely N-dealkylation sites (N-methyl/N-ethyl adjacent to an activating group) is 1. The number of hydrogen-bond donors (Lipinski definition) is 1. The maximum atomic E-state index is 11.1. The molecule has 1 atom stereocenters. The molecule has 0 aliphatic heterocycles. The van der Waals surface area contributed by atoms with Crippen LogP contribution in [0.5, 0.6) is 0 Å². The van der Waals surface area contributed by atoms with Crippen LogP contribution >= 0.6 is 0 Å². The van der Waals surface area contributed by atoms with E-state index in [0.29, 0.717) is 13.2 Å². The third-order valence-electron chi connectivity index (χ3n) is 1.88. The van der Waals surface area contributed by atoms with E-state index in [1.165, 1.54) is 14.0 Å². The Kier molecular flexibility index (Phi) is 5.68. The third kappa shape index (κ3) is 4.55. The molecule has 5 nitrogen and oxygen atoms in total. The summed E-state index contributed by atoms with van der Waals surface area (Å²) in [7, 11) is 4.66. The van der Waals surface area contributed by atoms with Gasteiger partial charge in [-0.1, -0.05) is 0 Å². The van der Waals surface area contributed by atoms with Gasteiger partial charge < -0.3 is 19.5 Å². The maximum Gasteiger partial charge on any atom is 0.338 e. The summed E-state index contributed by atoms with van der Waals surface area (Å²) >= 11 is 0. The molecule has 0 saturated heterocycles. The van der Waals surface area contributed by atoms with Crippen LogP contribution in [0.25, 0.3) is 0 Å². The lowest BCUT2D eigenvalue weighted by molar-refractivity contribution is -0.162. The van der Waals surface area contributed by atoms with Crippen molar-refractivity contribution in [3.8, 4) is 0 Å². The minimum atomic E-state index is -1.46. The zero-order valence-electron chi connectivity index (χ0n) is 9.24. The Morgan fingerprint density at radius 3 is 2.50 bits per heavy atom. The van der Waals surface area contributed by atoms with Crippen molar-refractivity contribution < 1.29 is 19.4 Å². The zero-order chi connectivity index (χ0) is 11.2. The quantitative estimate of drug-likeness (QED) is 0.592. The molecule has 0 saturated carbocycles. The Morgan fingerprint density at radius 1 is 1.50 bits per heavy atom. The maximum absolute atomic E-state index is 11.1. The van der Waals surface area contributed by atoms with Crippen LogP contribution in [0.15, 0.2) is 0 Å². The third-order valence-corrected chi connectivity index (χ3v) is 1.88. The van der Waals surface area contributed by atoms with Crippen molar-refractivity contribution in [3.05, 3.63) is 0 Å². The van der Waals surface area contributed by atoms with Gasteiger partial charge in [0.1, 0.15) is 0 Å². The molecule has 84 valence electrons. The van der Waals surface area contributed by atoms with Crippen LogP contribution in [0.3, 0.4) is 0 Å². The average Bonchev–Trinajstić information content (AvgIpc) is 2.12. The minimum Gasteiger partial charge on any atom is -0.467 e. The van der Waals surface area contributed by atoms with E-state index in [0.717, 1.165) is 0 Å². The first kappa shape index (κ1) is 13.4. The van der Waals surface area contributed by atoms with Crippen LogP contribution in [0.4, 0.5) is 0 Å². The first-order valence-electron chi connectivity index (χ1n) is 4.42. The second kappa shape index (κ2) is 5.95. The fourth-order valence-corrected chi connectivity index (χ4v) is 1.14. The van der Waals surface area contributed by atoms with Crippen molar-refractivity contribution in [1.82, 2.24) is 4.90 Å². The van der Waals surface area contributed by atoms with Gasteiger partial charge in [-0.25, -0.2) is 4.79 Å².